The zero-order valence-electron chi connectivity index (χ0n) is 15.6. The van der Waals surface area contributed by atoms with Crippen LogP contribution < -0.4 is 0 Å². The van der Waals surface area contributed by atoms with Crippen LogP contribution in [0.3, 0.4) is 0 Å². The van der Waals surface area contributed by atoms with Gasteiger partial charge in [0.25, 0.3) is 0 Å². The summed E-state index contributed by atoms with van der Waals surface area (Å²) in [6.07, 6.45) is 4.84. The lowest BCUT2D eigenvalue weighted by molar-refractivity contribution is 0.378. The van der Waals surface area contributed by atoms with Crippen LogP contribution in [0.15, 0.2) is 63.9 Å². The van der Waals surface area contributed by atoms with Crippen LogP contribution in [0, 0.1) is 5.82 Å². The van der Waals surface area contributed by atoms with Crippen LogP contribution >= 0.6 is 23.1 Å². The van der Waals surface area contributed by atoms with Crippen molar-refractivity contribution in [3.63, 3.8) is 0 Å². The molecule has 7 nitrogen and oxygen atoms in total. The van der Waals surface area contributed by atoms with Gasteiger partial charge in [-0.1, -0.05) is 11.2 Å². The maximum absolute atomic E-state index is 13.2. The van der Waals surface area contributed by atoms with Crippen molar-refractivity contribution in [1.29, 1.82) is 0 Å². The third-order valence-electron chi connectivity index (χ3n) is 4.38. The maximum Gasteiger partial charge on any atom is 0.227 e. The Morgan fingerprint density at radius 3 is 2.87 bits per heavy atom. The molecule has 0 amide bonds. The van der Waals surface area contributed by atoms with E-state index in [4.69, 9.17) is 4.52 Å². The van der Waals surface area contributed by atoms with Gasteiger partial charge in [0.1, 0.15) is 17.2 Å². The van der Waals surface area contributed by atoms with Gasteiger partial charge < -0.3 is 4.52 Å². The number of hydrogen-bond donors (Lipinski definition) is 0. The molecule has 0 spiro atoms. The van der Waals surface area contributed by atoms with Crippen LogP contribution in [-0.4, -0.2) is 35.6 Å². The predicted molar refractivity (Wildman–Crippen MR) is 113 cm³/mol. The van der Waals surface area contributed by atoms with Crippen molar-refractivity contribution in [3.05, 3.63) is 66.0 Å². The Labute approximate surface area is 179 Å². The molecule has 1 aromatic carbocycles. The van der Waals surface area contributed by atoms with Crippen molar-refractivity contribution in [2.45, 2.75) is 17.9 Å². The second-order valence-corrected chi connectivity index (χ2v) is 8.42. The molecular formula is C20H15FN6OS2. The Morgan fingerprint density at radius 1 is 1.13 bits per heavy atom. The summed E-state index contributed by atoms with van der Waals surface area (Å²) in [5.74, 6) is 1.82. The summed E-state index contributed by atoms with van der Waals surface area (Å²) in [4.78, 5) is 14.2. The summed E-state index contributed by atoms with van der Waals surface area (Å²) >= 11 is 3.22. The number of hydrogen-bond acceptors (Lipinski definition) is 8. The summed E-state index contributed by atoms with van der Waals surface area (Å²) in [6.45, 7) is 0. The van der Waals surface area contributed by atoms with E-state index in [-0.39, 0.29) is 5.82 Å². The smallest absolute Gasteiger partial charge is 0.227 e. The molecule has 0 fully saturated rings. The average Bonchev–Trinajstić information content (AvgIpc) is 3.52. The molecule has 0 saturated carbocycles. The van der Waals surface area contributed by atoms with Gasteiger partial charge in [-0.3, -0.25) is 0 Å². The lowest BCUT2D eigenvalue weighted by Gasteiger charge is -2.04. The second-order valence-electron chi connectivity index (χ2n) is 6.39. The monoisotopic (exact) mass is 438 g/mol. The lowest BCUT2D eigenvalue weighted by atomic mass is 10.3. The first kappa shape index (κ1) is 18.9. The zero-order chi connectivity index (χ0) is 20.3. The number of rotatable bonds is 7. The fraction of sp³-hybridized carbons (Fsp3) is 0.150. The normalized spacial score (nSPS) is 11.4. The highest BCUT2D eigenvalue weighted by atomic mass is 32.2. The van der Waals surface area contributed by atoms with Crippen molar-refractivity contribution in [3.8, 4) is 16.4 Å². The van der Waals surface area contributed by atoms with Gasteiger partial charge in [-0.15, -0.1) is 23.1 Å². The Balaban J connectivity index is 1.24. The summed E-state index contributed by atoms with van der Waals surface area (Å²) in [5, 5.41) is 12.2. The standard InChI is InChI=1S/C20H15FN6OS2/c21-13-5-7-14(8-6-13)27-19-15(11-24-27)20(23-12-22-19)30-10-2-4-17-25-18(26-28-17)16-3-1-9-29-16/h1,3,5-9,11-12H,2,4,10H2. The summed E-state index contributed by atoms with van der Waals surface area (Å²) in [5.41, 5.74) is 1.44. The lowest BCUT2D eigenvalue weighted by Crippen LogP contribution is -1.98. The van der Waals surface area contributed by atoms with E-state index in [1.54, 1.807) is 46.1 Å². The molecule has 5 aromatic rings. The minimum atomic E-state index is -0.287. The molecule has 0 aliphatic carbocycles. The molecule has 0 saturated heterocycles. The summed E-state index contributed by atoms with van der Waals surface area (Å²) < 4.78 is 20.2. The molecule has 30 heavy (non-hydrogen) atoms. The van der Waals surface area contributed by atoms with Crippen molar-refractivity contribution in [2.24, 2.45) is 0 Å². The minimum Gasteiger partial charge on any atom is -0.339 e. The van der Waals surface area contributed by atoms with Crippen molar-refractivity contribution < 1.29 is 8.91 Å². The fourth-order valence-corrected chi connectivity index (χ4v) is 4.52. The Bertz CT molecular complexity index is 1270. The molecule has 0 bridgehead atoms. The van der Waals surface area contributed by atoms with Gasteiger partial charge in [-0.05, 0) is 42.1 Å². The number of halogens is 1. The van der Waals surface area contributed by atoms with Gasteiger partial charge in [0.2, 0.25) is 11.7 Å². The van der Waals surface area contributed by atoms with Crippen LogP contribution in [0.2, 0.25) is 0 Å². The van der Waals surface area contributed by atoms with E-state index < -0.39 is 0 Å². The first-order valence-electron chi connectivity index (χ1n) is 9.22. The summed E-state index contributed by atoms with van der Waals surface area (Å²) in [6, 6.07) is 10.1. The van der Waals surface area contributed by atoms with E-state index in [0.717, 1.165) is 33.2 Å². The highest BCUT2D eigenvalue weighted by molar-refractivity contribution is 7.99. The predicted octanol–water partition coefficient (Wildman–Crippen LogP) is 4.79. The quantitative estimate of drug-likeness (QED) is 0.205. The average molecular weight is 439 g/mol. The summed E-state index contributed by atoms with van der Waals surface area (Å²) in [7, 11) is 0. The van der Waals surface area contributed by atoms with E-state index in [2.05, 4.69) is 25.2 Å². The first-order valence-corrected chi connectivity index (χ1v) is 11.1. The van der Waals surface area contributed by atoms with E-state index in [0.29, 0.717) is 23.8 Å². The van der Waals surface area contributed by atoms with Crippen LogP contribution in [-0.2, 0) is 6.42 Å². The van der Waals surface area contributed by atoms with E-state index in [1.165, 1.54) is 18.5 Å². The number of nitrogens with zero attached hydrogens (tertiary/aromatic N) is 6. The van der Waals surface area contributed by atoms with Gasteiger partial charge in [0, 0.05) is 12.2 Å². The first-order chi connectivity index (χ1) is 14.8. The largest absolute Gasteiger partial charge is 0.339 e. The van der Waals surface area contributed by atoms with Gasteiger partial charge in [0.05, 0.1) is 22.1 Å². The molecule has 0 N–H and O–H groups in total. The second kappa shape index (κ2) is 8.33. The molecule has 0 atom stereocenters. The molecule has 5 rings (SSSR count). The minimum absolute atomic E-state index is 0.287. The highest BCUT2D eigenvalue weighted by Gasteiger charge is 2.13. The van der Waals surface area contributed by atoms with Gasteiger partial charge in [0.15, 0.2) is 5.65 Å². The van der Waals surface area contributed by atoms with E-state index in [1.807, 2.05) is 17.5 Å². The Morgan fingerprint density at radius 2 is 2.03 bits per heavy atom. The highest BCUT2D eigenvalue weighted by Crippen LogP contribution is 2.27. The molecule has 0 aliphatic heterocycles. The SMILES string of the molecule is Fc1ccc(-n2ncc3c(SCCCc4nc(-c5cccs5)no4)ncnc32)cc1. The van der Waals surface area contributed by atoms with Crippen molar-refractivity contribution >= 4 is 34.1 Å². The van der Waals surface area contributed by atoms with Crippen LogP contribution in [0.5, 0.6) is 0 Å². The fourth-order valence-electron chi connectivity index (χ4n) is 2.96. The molecule has 4 heterocycles. The van der Waals surface area contributed by atoms with Crippen molar-refractivity contribution in [1.82, 2.24) is 29.9 Å². The number of fused-ring (bicyclic) bond motifs is 1. The molecule has 150 valence electrons. The number of thiophene rings is 1. The van der Waals surface area contributed by atoms with Gasteiger partial charge in [-0.25, -0.2) is 19.0 Å². The number of aromatic nitrogens is 6. The van der Waals surface area contributed by atoms with E-state index >= 15 is 0 Å². The van der Waals surface area contributed by atoms with Crippen LogP contribution in [0.25, 0.3) is 27.4 Å². The molecule has 0 aliphatic rings. The molecule has 0 unspecified atom stereocenters. The molecule has 4 aromatic heterocycles. The number of benzene rings is 1. The molecular weight excluding hydrogens is 423 g/mol. The number of aryl methyl sites for hydroxylation is 1. The van der Waals surface area contributed by atoms with Crippen LogP contribution in [0.4, 0.5) is 4.39 Å². The third-order valence-corrected chi connectivity index (χ3v) is 6.34. The number of thioether (sulfide) groups is 1. The molecule has 10 heteroatoms. The molecule has 0 radical (unpaired) electrons. The van der Waals surface area contributed by atoms with Gasteiger partial charge in [-0.2, -0.15) is 10.1 Å². The maximum atomic E-state index is 13.2. The Kier molecular flexibility index (Phi) is 5.24. The van der Waals surface area contributed by atoms with Gasteiger partial charge >= 0.3 is 0 Å². The Hall–Kier alpha value is -3.11. The van der Waals surface area contributed by atoms with Crippen LogP contribution in [0.1, 0.15) is 12.3 Å². The topological polar surface area (TPSA) is 82.5 Å². The van der Waals surface area contributed by atoms with E-state index in [9.17, 15) is 4.39 Å². The van der Waals surface area contributed by atoms with Crippen molar-refractivity contribution in [2.75, 3.05) is 5.75 Å². The zero-order valence-corrected chi connectivity index (χ0v) is 17.2. The third kappa shape index (κ3) is 3.83.